The fourth-order valence-corrected chi connectivity index (χ4v) is 4.56. The van der Waals surface area contributed by atoms with E-state index in [4.69, 9.17) is 21.1 Å². The average Bonchev–Trinajstić information content (AvgIpc) is 2.83. The van der Waals surface area contributed by atoms with Crippen LogP contribution in [0.1, 0.15) is 16.7 Å². The maximum absolute atomic E-state index is 12.8. The van der Waals surface area contributed by atoms with Gasteiger partial charge in [0.25, 0.3) is 10.0 Å². The van der Waals surface area contributed by atoms with Crippen molar-refractivity contribution < 1.29 is 17.9 Å². The predicted molar refractivity (Wildman–Crippen MR) is 89.0 cm³/mol. The van der Waals surface area contributed by atoms with Gasteiger partial charge in [-0.1, -0.05) is 29.3 Å². The number of hydrogen-bond donors (Lipinski definition) is 1. The normalized spacial score (nSPS) is 13.2. The van der Waals surface area contributed by atoms with Gasteiger partial charge in [-0.2, -0.15) is 0 Å². The molecule has 2 aromatic rings. The summed E-state index contributed by atoms with van der Waals surface area (Å²) in [5, 5.41) is 0.250. The van der Waals surface area contributed by atoms with Crippen molar-refractivity contribution in [2.75, 3.05) is 11.5 Å². The lowest BCUT2D eigenvalue weighted by Gasteiger charge is -2.15. The molecule has 1 aliphatic rings. The summed E-state index contributed by atoms with van der Waals surface area (Å²) in [6, 6.07) is 6.74. The highest BCUT2D eigenvalue weighted by Gasteiger charge is 2.23. The predicted octanol–water partition coefficient (Wildman–Crippen LogP) is 3.79. The Hall–Kier alpha value is -1.92. The first-order chi connectivity index (χ1) is 10.8. The van der Waals surface area contributed by atoms with E-state index in [0.29, 0.717) is 22.6 Å². The van der Waals surface area contributed by atoms with E-state index in [-0.39, 0.29) is 22.4 Å². The van der Waals surface area contributed by atoms with Gasteiger partial charge in [0, 0.05) is 12.1 Å². The molecule has 0 spiro atoms. The van der Waals surface area contributed by atoms with Crippen LogP contribution >= 0.6 is 11.6 Å². The molecule has 122 valence electrons. The number of anilines is 1. The van der Waals surface area contributed by atoms with Gasteiger partial charge in [-0.05, 0) is 31.9 Å². The molecule has 5 nitrogen and oxygen atoms in total. The highest BCUT2D eigenvalue weighted by molar-refractivity contribution is 7.92. The first-order valence-corrected chi connectivity index (χ1v) is 8.84. The van der Waals surface area contributed by atoms with Crippen molar-refractivity contribution in [3.8, 4) is 11.5 Å². The summed E-state index contributed by atoms with van der Waals surface area (Å²) in [5.74, 6) is 0.963. The molecular formula is C16H16ClNO4S. The number of hydrogen-bond acceptors (Lipinski definition) is 4. The first-order valence-electron chi connectivity index (χ1n) is 6.98. The maximum atomic E-state index is 12.8. The number of fused-ring (bicyclic) bond motifs is 1. The first kappa shape index (κ1) is 16.0. The third kappa shape index (κ3) is 2.96. The van der Waals surface area contributed by atoms with Crippen LogP contribution in [0.15, 0.2) is 29.2 Å². The molecule has 1 heterocycles. The molecule has 0 atom stereocenters. The Labute approximate surface area is 140 Å². The molecule has 1 aliphatic heterocycles. The molecule has 0 bridgehead atoms. The molecular weight excluding hydrogens is 338 g/mol. The summed E-state index contributed by atoms with van der Waals surface area (Å²) in [6.45, 7) is 5.57. The monoisotopic (exact) mass is 353 g/mol. The zero-order chi connectivity index (χ0) is 16.8. The van der Waals surface area contributed by atoms with Crippen LogP contribution < -0.4 is 14.2 Å². The van der Waals surface area contributed by atoms with Crippen LogP contribution in [-0.4, -0.2) is 15.2 Å². The quantitative estimate of drug-likeness (QED) is 0.911. The number of rotatable bonds is 3. The number of aryl methyl sites for hydroxylation is 3. The SMILES string of the molecule is Cc1cc(C)c(S(=O)(=O)Nc2cc3c(cc2Cl)OCO3)c(C)c1. The van der Waals surface area contributed by atoms with Crippen molar-refractivity contribution in [1.82, 2.24) is 0 Å². The lowest BCUT2D eigenvalue weighted by Crippen LogP contribution is -2.16. The lowest BCUT2D eigenvalue weighted by molar-refractivity contribution is 0.174. The van der Waals surface area contributed by atoms with Gasteiger partial charge in [-0.15, -0.1) is 0 Å². The smallest absolute Gasteiger partial charge is 0.262 e. The molecule has 2 aromatic carbocycles. The van der Waals surface area contributed by atoms with E-state index in [1.54, 1.807) is 13.8 Å². The zero-order valence-electron chi connectivity index (χ0n) is 12.9. The Balaban J connectivity index is 2.03. The Kier molecular flexibility index (Phi) is 3.90. The molecule has 23 heavy (non-hydrogen) atoms. The standard InChI is InChI=1S/C16H16ClNO4S/c1-9-4-10(2)16(11(3)5-9)23(19,20)18-13-7-15-14(6-12(13)17)21-8-22-15/h4-7,18H,8H2,1-3H3. The minimum atomic E-state index is -3.76. The van der Waals surface area contributed by atoms with E-state index in [0.717, 1.165) is 5.56 Å². The lowest BCUT2D eigenvalue weighted by atomic mass is 10.1. The van der Waals surface area contributed by atoms with Gasteiger partial charge in [0.05, 0.1) is 15.6 Å². The van der Waals surface area contributed by atoms with E-state index in [2.05, 4.69) is 4.72 Å². The third-order valence-corrected chi connectivity index (χ3v) is 5.56. The van der Waals surface area contributed by atoms with Crippen molar-refractivity contribution >= 4 is 27.3 Å². The molecule has 0 saturated heterocycles. The van der Waals surface area contributed by atoms with Crippen molar-refractivity contribution in [2.24, 2.45) is 0 Å². The molecule has 3 rings (SSSR count). The summed E-state index contributed by atoms with van der Waals surface area (Å²) < 4.78 is 38.5. The van der Waals surface area contributed by atoms with Gasteiger partial charge in [-0.3, -0.25) is 4.72 Å². The van der Waals surface area contributed by atoms with Gasteiger partial charge in [-0.25, -0.2) is 8.42 Å². The second-order valence-electron chi connectivity index (χ2n) is 5.52. The molecule has 0 amide bonds. The third-order valence-electron chi connectivity index (χ3n) is 3.58. The Morgan fingerprint density at radius 2 is 1.57 bits per heavy atom. The Morgan fingerprint density at radius 1 is 1.00 bits per heavy atom. The second-order valence-corrected chi connectivity index (χ2v) is 7.55. The van der Waals surface area contributed by atoms with Crippen molar-refractivity contribution in [3.05, 3.63) is 46.0 Å². The molecule has 0 unspecified atom stereocenters. The molecule has 7 heteroatoms. The van der Waals surface area contributed by atoms with Gasteiger partial charge < -0.3 is 9.47 Å². The van der Waals surface area contributed by atoms with Crippen LogP contribution in [0, 0.1) is 20.8 Å². The topological polar surface area (TPSA) is 64.6 Å². The minimum Gasteiger partial charge on any atom is -0.454 e. The summed E-state index contributed by atoms with van der Waals surface area (Å²) in [6.07, 6.45) is 0. The second kappa shape index (κ2) is 5.62. The average molecular weight is 354 g/mol. The van der Waals surface area contributed by atoms with Crippen LogP contribution in [0.3, 0.4) is 0 Å². The minimum absolute atomic E-state index is 0.0953. The fraction of sp³-hybridized carbons (Fsp3) is 0.250. The zero-order valence-corrected chi connectivity index (χ0v) is 14.5. The van der Waals surface area contributed by atoms with Crippen LogP contribution in [-0.2, 0) is 10.0 Å². The summed E-state index contributed by atoms with van der Waals surface area (Å²) >= 11 is 6.14. The van der Waals surface area contributed by atoms with E-state index in [1.165, 1.54) is 12.1 Å². The van der Waals surface area contributed by atoms with Gasteiger partial charge in [0.2, 0.25) is 6.79 Å². The van der Waals surface area contributed by atoms with E-state index < -0.39 is 10.0 Å². The largest absolute Gasteiger partial charge is 0.454 e. The van der Waals surface area contributed by atoms with Crippen LogP contribution in [0.25, 0.3) is 0 Å². The molecule has 0 radical (unpaired) electrons. The number of sulfonamides is 1. The number of benzene rings is 2. The van der Waals surface area contributed by atoms with Crippen molar-refractivity contribution in [2.45, 2.75) is 25.7 Å². The molecule has 0 aliphatic carbocycles. The van der Waals surface area contributed by atoms with Gasteiger partial charge >= 0.3 is 0 Å². The van der Waals surface area contributed by atoms with Crippen molar-refractivity contribution in [1.29, 1.82) is 0 Å². The van der Waals surface area contributed by atoms with E-state index >= 15 is 0 Å². The van der Waals surface area contributed by atoms with Gasteiger partial charge in [0.15, 0.2) is 11.5 Å². The number of halogens is 1. The highest BCUT2D eigenvalue weighted by Crippen LogP contribution is 2.40. The Bertz CT molecular complexity index is 870. The summed E-state index contributed by atoms with van der Waals surface area (Å²) in [4.78, 5) is 0.261. The van der Waals surface area contributed by atoms with Crippen LogP contribution in [0.5, 0.6) is 11.5 Å². The number of nitrogens with one attached hydrogen (secondary N) is 1. The van der Waals surface area contributed by atoms with E-state index in [9.17, 15) is 8.42 Å². The molecule has 0 fully saturated rings. The van der Waals surface area contributed by atoms with Crippen LogP contribution in [0.4, 0.5) is 5.69 Å². The highest BCUT2D eigenvalue weighted by atomic mass is 35.5. The number of ether oxygens (including phenoxy) is 2. The fourth-order valence-electron chi connectivity index (χ4n) is 2.78. The van der Waals surface area contributed by atoms with Crippen molar-refractivity contribution in [3.63, 3.8) is 0 Å². The maximum Gasteiger partial charge on any atom is 0.262 e. The molecule has 1 N–H and O–H groups in total. The molecule has 0 saturated carbocycles. The Morgan fingerprint density at radius 3 is 2.17 bits per heavy atom. The van der Waals surface area contributed by atoms with Gasteiger partial charge in [0.1, 0.15) is 0 Å². The van der Waals surface area contributed by atoms with Crippen LogP contribution in [0.2, 0.25) is 5.02 Å². The summed E-state index contributed by atoms with van der Waals surface area (Å²) in [5.41, 5.74) is 2.65. The van der Waals surface area contributed by atoms with E-state index in [1.807, 2.05) is 19.1 Å². The summed E-state index contributed by atoms with van der Waals surface area (Å²) in [7, 11) is -3.76. The molecule has 0 aromatic heterocycles.